The fraction of sp³-hybridized carbons (Fsp3) is 0.190. The summed E-state index contributed by atoms with van der Waals surface area (Å²) in [5, 5.41) is 6.65. The number of rotatable bonds is 3. The third-order valence-corrected chi connectivity index (χ3v) is 5.98. The molecule has 1 unspecified atom stereocenters. The van der Waals surface area contributed by atoms with E-state index in [0.717, 1.165) is 32.9 Å². The minimum atomic E-state index is -0.156. The zero-order valence-corrected chi connectivity index (χ0v) is 15.9. The van der Waals surface area contributed by atoms with Crippen LogP contribution in [0.25, 0.3) is 0 Å². The number of nitrogens with zero attached hydrogens (tertiary/aromatic N) is 1. The van der Waals surface area contributed by atoms with Crippen LogP contribution in [0, 0.1) is 13.8 Å². The van der Waals surface area contributed by atoms with E-state index in [0.29, 0.717) is 11.3 Å². The van der Waals surface area contributed by atoms with E-state index in [9.17, 15) is 9.59 Å². The van der Waals surface area contributed by atoms with Gasteiger partial charge in [0.05, 0.1) is 9.88 Å². The van der Waals surface area contributed by atoms with E-state index in [1.165, 1.54) is 11.3 Å². The molecule has 3 aromatic rings. The van der Waals surface area contributed by atoms with Crippen LogP contribution in [0.3, 0.4) is 0 Å². The van der Waals surface area contributed by atoms with E-state index < -0.39 is 0 Å². The quantitative estimate of drug-likeness (QED) is 0.707. The average molecular weight is 377 g/mol. The fourth-order valence-corrected chi connectivity index (χ4v) is 4.68. The lowest BCUT2D eigenvalue weighted by Crippen LogP contribution is -2.22. The second kappa shape index (κ2) is 6.96. The van der Waals surface area contributed by atoms with Crippen molar-refractivity contribution in [3.05, 3.63) is 75.9 Å². The molecule has 0 saturated carbocycles. The molecule has 1 atom stereocenters. The van der Waals surface area contributed by atoms with Gasteiger partial charge in [-0.15, -0.1) is 11.3 Å². The zero-order valence-electron chi connectivity index (χ0n) is 15.1. The Labute approximate surface area is 161 Å². The fourth-order valence-electron chi connectivity index (χ4n) is 3.50. The van der Waals surface area contributed by atoms with Gasteiger partial charge in [-0.25, -0.2) is 0 Å². The van der Waals surface area contributed by atoms with Gasteiger partial charge in [-0.1, -0.05) is 18.2 Å². The number of aryl methyl sites for hydroxylation is 1. The van der Waals surface area contributed by atoms with E-state index in [1.807, 2.05) is 50.2 Å². The molecule has 1 aliphatic heterocycles. The number of hydrogen-bond donors (Lipinski definition) is 2. The maximum atomic E-state index is 12.9. The summed E-state index contributed by atoms with van der Waals surface area (Å²) in [5.74, 6) is -0.279. The van der Waals surface area contributed by atoms with Gasteiger partial charge in [0, 0.05) is 30.4 Å². The Balaban J connectivity index is 1.71. The minimum Gasteiger partial charge on any atom is -0.321 e. The number of aromatic nitrogens is 1. The van der Waals surface area contributed by atoms with Crippen LogP contribution < -0.4 is 10.6 Å². The Morgan fingerprint density at radius 2 is 2.11 bits per heavy atom. The van der Waals surface area contributed by atoms with Crippen molar-refractivity contribution < 1.29 is 9.59 Å². The highest BCUT2D eigenvalue weighted by Crippen LogP contribution is 2.45. The van der Waals surface area contributed by atoms with Gasteiger partial charge < -0.3 is 10.6 Å². The normalized spacial score (nSPS) is 15.8. The lowest BCUT2D eigenvalue weighted by molar-refractivity contribution is -0.116. The summed E-state index contributed by atoms with van der Waals surface area (Å²) in [6, 6.07) is 11.5. The highest BCUT2D eigenvalue weighted by atomic mass is 32.1. The molecule has 0 saturated heterocycles. The van der Waals surface area contributed by atoms with Crippen molar-refractivity contribution >= 4 is 33.8 Å². The van der Waals surface area contributed by atoms with E-state index in [2.05, 4.69) is 15.6 Å². The van der Waals surface area contributed by atoms with Crippen molar-refractivity contribution in [2.75, 3.05) is 10.6 Å². The molecule has 0 fully saturated rings. The highest BCUT2D eigenvalue weighted by molar-refractivity contribution is 7.18. The number of carbonyl (C=O) groups excluding carboxylic acids is 2. The molecule has 1 aromatic carbocycles. The van der Waals surface area contributed by atoms with Gasteiger partial charge >= 0.3 is 0 Å². The standard InChI is InChI=1S/C21H19N3O2S/c1-12-5-3-7-15(9-12)23-20(26)19-13(2)18-16(14-6-4-8-22-11-14)10-17(25)24-21(18)27-19/h3-9,11,16H,10H2,1-2H3,(H,23,26)(H,24,25). The van der Waals surface area contributed by atoms with Crippen molar-refractivity contribution in [2.45, 2.75) is 26.2 Å². The van der Waals surface area contributed by atoms with E-state index >= 15 is 0 Å². The predicted molar refractivity (Wildman–Crippen MR) is 108 cm³/mol. The lowest BCUT2D eigenvalue weighted by atomic mass is 9.85. The van der Waals surface area contributed by atoms with Gasteiger partial charge in [0.15, 0.2) is 0 Å². The van der Waals surface area contributed by atoms with E-state index in [1.54, 1.807) is 12.4 Å². The summed E-state index contributed by atoms with van der Waals surface area (Å²) >= 11 is 1.33. The molecule has 0 aliphatic carbocycles. The number of nitrogens with one attached hydrogen (secondary N) is 2. The first-order valence-electron chi connectivity index (χ1n) is 8.74. The monoisotopic (exact) mass is 377 g/mol. The van der Waals surface area contributed by atoms with Crippen LogP contribution in [0.5, 0.6) is 0 Å². The van der Waals surface area contributed by atoms with Crippen molar-refractivity contribution in [2.24, 2.45) is 0 Å². The Morgan fingerprint density at radius 1 is 1.26 bits per heavy atom. The topological polar surface area (TPSA) is 71.1 Å². The van der Waals surface area contributed by atoms with E-state index in [-0.39, 0.29) is 17.7 Å². The first-order chi connectivity index (χ1) is 13.0. The molecule has 2 N–H and O–H groups in total. The summed E-state index contributed by atoms with van der Waals surface area (Å²) in [4.78, 5) is 29.9. The molecule has 0 spiro atoms. The van der Waals surface area contributed by atoms with Gasteiger partial charge in [-0.05, 0) is 54.3 Å². The number of benzene rings is 1. The number of hydrogen-bond acceptors (Lipinski definition) is 4. The molecule has 1 aliphatic rings. The van der Waals surface area contributed by atoms with Crippen molar-refractivity contribution in [1.29, 1.82) is 0 Å². The number of pyridine rings is 1. The Morgan fingerprint density at radius 3 is 2.85 bits per heavy atom. The second-order valence-corrected chi connectivity index (χ2v) is 7.73. The number of fused-ring (bicyclic) bond motifs is 1. The van der Waals surface area contributed by atoms with Crippen LogP contribution in [0.4, 0.5) is 10.7 Å². The highest BCUT2D eigenvalue weighted by Gasteiger charge is 2.32. The molecule has 136 valence electrons. The smallest absolute Gasteiger partial charge is 0.266 e. The number of carbonyl (C=O) groups is 2. The molecule has 3 heterocycles. The first kappa shape index (κ1) is 17.4. The van der Waals surface area contributed by atoms with Gasteiger partial charge in [-0.2, -0.15) is 0 Å². The minimum absolute atomic E-state index is 0.0387. The van der Waals surface area contributed by atoms with Gasteiger partial charge in [0.2, 0.25) is 5.91 Å². The maximum Gasteiger partial charge on any atom is 0.266 e. The van der Waals surface area contributed by atoms with Gasteiger partial charge in [-0.3, -0.25) is 14.6 Å². The third kappa shape index (κ3) is 3.36. The molecule has 5 nitrogen and oxygen atoms in total. The SMILES string of the molecule is Cc1cccc(NC(=O)c2sc3c(c2C)C(c2cccnc2)CC(=O)N3)c1. The van der Waals surface area contributed by atoms with Crippen LogP contribution in [-0.4, -0.2) is 16.8 Å². The molecule has 4 rings (SSSR count). The second-order valence-electron chi connectivity index (χ2n) is 6.71. The zero-order chi connectivity index (χ0) is 19.0. The van der Waals surface area contributed by atoms with Crippen molar-refractivity contribution in [3.63, 3.8) is 0 Å². The molecule has 6 heteroatoms. The molecule has 2 amide bonds. The largest absolute Gasteiger partial charge is 0.321 e. The molecule has 2 aromatic heterocycles. The summed E-state index contributed by atoms with van der Waals surface area (Å²) in [5.41, 5.74) is 4.76. The van der Waals surface area contributed by atoms with E-state index in [4.69, 9.17) is 0 Å². The number of anilines is 2. The van der Waals surface area contributed by atoms with Gasteiger partial charge in [0.1, 0.15) is 0 Å². The first-order valence-corrected chi connectivity index (χ1v) is 9.55. The van der Waals surface area contributed by atoms with Crippen LogP contribution >= 0.6 is 11.3 Å². The van der Waals surface area contributed by atoms with Crippen LogP contribution in [0.15, 0.2) is 48.8 Å². The average Bonchev–Trinajstić information content (AvgIpc) is 2.98. The maximum absolute atomic E-state index is 12.9. The molecular formula is C21H19N3O2S. The Hall–Kier alpha value is -2.99. The van der Waals surface area contributed by atoms with Crippen LogP contribution in [0.1, 0.15) is 44.3 Å². The summed E-state index contributed by atoms with van der Waals surface area (Å²) in [6.45, 7) is 3.93. The van der Waals surface area contributed by atoms with Crippen molar-refractivity contribution in [3.8, 4) is 0 Å². The summed E-state index contributed by atoms with van der Waals surface area (Å²) in [6.07, 6.45) is 3.86. The number of thiophene rings is 1. The molecule has 0 radical (unpaired) electrons. The summed E-state index contributed by atoms with van der Waals surface area (Å²) < 4.78 is 0. The lowest BCUT2D eigenvalue weighted by Gasteiger charge is -2.23. The van der Waals surface area contributed by atoms with Crippen LogP contribution in [-0.2, 0) is 4.79 Å². The molecular weight excluding hydrogens is 358 g/mol. The van der Waals surface area contributed by atoms with Crippen LogP contribution in [0.2, 0.25) is 0 Å². The van der Waals surface area contributed by atoms with Crippen molar-refractivity contribution in [1.82, 2.24) is 4.98 Å². The molecule has 27 heavy (non-hydrogen) atoms. The Kier molecular flexibility index (Phi) is 4.49. The third-order valence-electron chi connectivity index (χ3n) is 4.75. The molecule has 0 bridgehead atoms. The predicted octanol–water partition coefficient (Wildman–Crippen LogP) is 4.49. The summed E-state index contributed by atoms with van der Waals surface area (Å²) in [7, 11) is 0. The number of amides is 2. The van der Waals surface area contributed by atoms with Gasteiger partial charge in [0.25, 0.3) is 5.91 Å². The Bertz CT molecular complexity index is 1030.